The fourth-order valence-electron chi connectivity index (χ4n) is 1.36. The number of hydrogen-bond acceptors (Lipinski definition) is 5. The fourth-order valence-corrected chi connectivity index (χ4v) is 2.23. The van der Waals surface area contributed by atoms with Crippen LogP contribution in [-0.4, -0.2) is 29.7 Å². The van der Waals surface area contributed by atoms with Gasteiger partial charge in [-0.3, -0.25) is 4.79 Å². The summed E-state index contributed by atoms with van der Waals surface area (Å²) in [7, 11) is 0. The number of carbonyl (C=O) groups is 1. The Morgan fingerprint density at radius 3 is 2.74 bits per heavy atom. The normalized spacial score (nSPS) is 15.3. The number of alkyl halides is 3. The van der Waals surface area contributed by atoms with E-state index in [-0.39, 0.29) is 10.7 Å². The van der Waals surface area contributed by atoms with Gasteiger partial charge >= 0.3 is 6.18 Å². The van der Waals surface area contributed by atoms with Crippen molar-refractivity contribution in [3.8, 4) is 0 Å². The summed E-state index contributed by atoms with van der Waals surface area (Å²) >= 11 is 1.05. The highest BCUT2D eigenvalue weighted by atomic mass is 32.1. The van der Waals surface area contributed by atoms with Crippen molar-refractivity contribution in [2.45, 2.75) is 31.5 Å². The smallest absolute Gasteiger partial charge is 0.382 e. The van der Waals surface area contributed by atoms with E-state index in [9.17, 15) is 18.0 Å². The Bertz CT molecular complexity index is 470. The van der Waals surface area contributed by atoms with Crippen molar-refractivity contribution in [1.82, 2.24) is 10.3 Å². The van der Waals surface area contributed by atoms with E-state index in [0.717, 1.165) is 24.2 Å². The second-order valence-corrected chi connectivity index (χ2v) is 5.27. The Labute approximate surface area is 111 Å². The van der Waals surface area contributed by atoms with Crippen LogP contribution in [0.5, 0.6) is 0 Å². The zero-order chi connectivity index (χ0) is 14.0. The first-order valence-corrected chi connectivity index (χ1v) is 6.54. The molecule has 0 aromatic carbocycles. The van der Waals surface area contributed by atoms with Crippen molar-refractivity contribution in [2.75, 3.05) is 17.6 Å². The van der Waals surface area contributed by atoms with Crippen LogP contribution in [0.25, 0.3) is 0 Å². The summed E-state index contributed by atoms with van der Waals surface area (Å²) in [6.07, 6.45) is -3.25. The molecule has 1 fully saturated rings. The van der Waals surface area contributed by atoms with Crippen LogP contribution < -0.4 is 16.4 Å². The maximum atomic E-state index is 11.9. The number of nitrogen functional groups attached to an aromatic ring is 1. The number of carbonyl (C=O) groups excluding carboxylic acids is 1. The summed E-state index contributed by atoms with van der Waals surface area (Å²) in [6, 6.07) is 0.367. The number of nitrogens with one attached hydrogen (secondary N) is 2. The molecular weight excluding hydrogens is 281 g/mol. The monoisotopic (exact) mass is 294 g/mol. The first-order chi connectivity index (χ1) is 8.85. The number of amides is 1. The van der Waals surface area contributed by atoms with Gasteiger partial charge in [-0.1, -0.05) is 11.3 Å². The van der Waals surface area contributed by atoms with E-state index < -0.39 is 25.0 Å². The summed E-state index contributed by atoms with van der Waals surface area (Å²) in [6.45, 7) is -0.467. The highest BCUT2D eigenvalue weighted by Gasteiger charge is 2.27. The molecule has 4 N–H and O–H groups in total. The van der Waals surface area contributed by atoms with Gasteiger partial charge in [0.05, 0.1) is 6.42 Å². The molecule has 0 spiro atoms. The van der Waals surface area contributed by atoms with Crippen molar-refractivity contribution in [3.63, 3.8) is 0 Å². The van der Waals surface area contributed by atoms with Crippen LogP contribution >= 0.6 is 11.3 Å². The Balaban J connectivity index is 1.89. The minimum atomic E-state index is -4.29. The molecule has 1 aliphatic rings. The zero-order valence-corrected chi connectivity index (χ0v) is 10.7. The maximum absolute atomic E-state index is 11.9. The minimum Gasteiger partial charge on any atom is -0.382 e. The van der Waals surface area contributed by atoms with Gasteiger partial charge in [-0.05, 0) is 12.8 Å². The average molecular weight is 294 g/mol. The van der Waals surface area contributed by atoms with Crippen molar-refractivity contribution in [3.05, 3.63) is 4.88 Å². The molecule has 2 rings (SSSR count). The molecule has 1 aliphatic carbocycles. The van der Waals surface area contributed by atoms with Gasteiger partial charge in [0, 0.05) is 12.6 Å². The third-order valence-electron chi connectivity index (χ3n) is 2.46. The lowest BCUT2D eigenvalue weighted by atomic mass is 10.4. The van der Waals surface area contributed by atoms with Gasteiger partial charge in [0.15, 0.2) is 5.13 Å². The van der Waals surface area contributed by atoms with Gasteiger partial charge < -0.3 is 16.4 Å². The molecule has 0 aliphatic heterocycles. The quantitative estimate of drug-likeness (QED) is 0.776. The van der Waals surface area contributed by atoms with Crippen LogP contribution in [0.3, 0.4) is 0 Å². The first-order valence-electron chi connectivity index (χ1n) is 5.73. The van der Waals surface area contributed by atoms with Crippen LogP contribution in [0.15, 0.2) is 0 Å². The molecule has 19 heavy (non-hydrogen) atoms. The van der Waals surface area contributed by atoms with Crippen LogP contribution in [-0.2, 0) is 0 Å². The summed E-state index contributed by atoms with van der Waals surface area (Å²) < 4.78 is 35.8. The Hall–Kier alpha value is -1.51. The zero-order valence-electron chi connectivity index (χ0n) is 9.88. The molecule has 1 heterocycles. The topological polar surface area (TPSA) is 80.0 Å². The van der Waals surface area contributed by atoms with Crippen LogP contribution in [0.1, 0.15) is 28.9 Å². The third kappa shape index (κ3) is 4.27. The molecule has 1 amide bonds. The maximum Gasteiger partial charge on any atom is 0.390 e. The molecule has 0 saturated heterocycles. The number of nitrogens with two attached hydrogens (primary N) is 1. The molecule has 1 aromatic rings. The number of nitrogens with zero attached hydrogens (tertiary/aromatic N) is 1. The van der Waals surface area contributed by atoms with E-state index in [1.807, 2.05) is 0 Å². The van der Waals surface area contributed by atoms with Gasteiger partial charge in [-0.25, -0.2) is 4.98 Å². The van der Waals surface area contributed by atoms with Crippen LogP contribution in [0.2, 0.25) is 0 Å². The summed E-state index contributed by atoms with van der Waals surface area (Å²) in [5.74, 6) is -0.583. The van der Waals surface area contributed by atoms with Gasteiger partial charge in [0.25, 0.3) is 5.91 Å². The van der Waals surface area contributed by atoms with Crippen molar-refractivity contribution < 1.29 is 18.0 Å². The van der Waals surface area contributed by atoms with E-state index in [2.05, 4.69) is 15.6 Å². The van der Waals surface area contributed by atoms with E-state index in [1.165, 1.54) is 0 Å². The lowest BCUT2D eigenvalue weighted by molar-refractivity contribution is -0.132. The molecule has 1 aromatic heterocycles. The number of anilines is 2. The number of halogens is 3. The highest BCUT2D eigenvalue weighted by Crippen LogP contribution is 2.30. The number of rotatable bonds is 5. The molecular formula is C10H13F3N4OS. The predicted molar refractivity (Wildman–Crippen MR) is 66.2 cm³/mol. The van der Waals surface area contributed by atoms with Gasteiger partial charge in [-0.2, -0.15) is 13.2 Å². The third-order valence-corrected chi connectivity index (χ3v) is 3.46. The standard InChI is InChI=1S/C10H13F3N4OS/c11-10(12,13)3-4-15-8(18)6-7(14)17-9(19-6)16-5-1-2-5/h5H,1-4,14H2,(H,15,18)(H,16,17). The van der Waals surface area contributed by atoms with Crippen molar-refractivity contribution in [2.24, 2.45) is 0 Å². The molecule has 1 saturated carbocycles. The molecule has 106 valence electrons. The minimum absolute atomic E-state index is 0.0395. The number of aromatic nitrogens is 1. The number of hydrogen-bond donors (Lipinski definition) is 3. The summed E-state index contributed by atoms with van der Waals surface area (Å²) in [5, 5.41) is 5.79. The number of thiazole rings is 1. The summed E-state index contributed by atoms with van der Waals surface area (Å²) in [4.78, 5) is 15.8. The van der Waals surface area contributed by atoms with E-state index in [4.69, 9.17) is 5.73 Å². The van der Waals surface area contributed by atoms with Crippen LogP contribution in [0, 0.1) is 0 Å². The first kappa shape index (κ1) is 13.9. The Morgan fingerprint density at radius 1 is 1.47 bits per heavy atom. The van der Waals surface area contributed by atoms with Crippen LogP contribution in [0.4, 0.5) is 24.1 Å². The largest absolute Gasteiger partial charge is 0.390 e. The lowest BCUT2D eigenvalue weighted by Gasteiger charge is -2.06. The van der Waals surface area contributed by atoms with Crippen molar-refractivity contribution in [1.29, 1.82) is 0 Å². The summed E-state index contributed by atoms with van der Waals surface area (Å²) in [5.41, 5.74) is 5.57. The van der Waals surface area contributed by atoms with Crippen molar-refractivity contribution >= 4 is 28.2 Å². The van der Waals surface area contributed by atoms with E-state index in [0.29, 0.717) is 11.2 Å². The molecule has 9 heteroatoms. The fraction of sp³-hybridized carbons (Fsp3) is 0.600. The Kier molecular flexibility index (Phi) is 3.83. The second kappa shape index (κ2) is 5.24. The predicted octanol–water partition coefficient (Wildman–Crippen LogP) is 1.98. The molecule has 0 unspecified atom stereocenters. The molecule has 0 bridgehead atoms. The SMILES string of the molecule is Nc1nc(NC2CC2)sc1C(=O)NCCC(F)(F)F. The Morgan fingerprint density at radius 2 is 2.16 bits per heavy atom. The van der Waals surface area contributed by atoms with Gasteiger partial charge in [0.1, 0.15) is 10.7 Å². The highest BCUT2D eigenvalue weighted by molar-refractivity contribution is 7.18. The second-order valence-electron chi connectivity index (χ2n) is 4.27. The molecule has 5 nitrogen and oxygen atoms in total. The van der Waals surface area contributed by atoms with E-state index >= 15 is 0 Å². The van der Waals surface area contributed by atoms with Gasteiger partial charge in [0.2, 0.25) is 0 Å². The molecule has 0 radical (unpaired) electrons. The lowest BCUT2D eigenvalue weighted by Crippen LogP contribution is -2.27. The van der Waals surface area contributed by atoms with Gasteiger partial charge in [-0.15, -0.1) is 0 Å². The molecule has 0 atom stereocenters. The average Bonchev–Trinajstić information content (AvgIpc) is 2.99. The van der Waals surface area contributed by atoms with E-state index in [1.54, 1.807) is 0 Å².